The first-order chi connectivity index (χ1) is 12.9. The molecule has 1 atom stereocenters. The summed E-state index contributed by atoms with van der Waals surface area (Å²) in [5.74, 6) is -1.66. The molecule has 138 valence electrons. The van der Waals surface area contributed by atoms with Gasteiger partial charge in [-0.1, -0.05) is 41.9 Å². The summed E-state index contributed by atoms with van der Waals surface area (Å²) in [5, 5.41) is 2.86. The Labute approximate surface area is 161 Å². The van der Waals surface area contributed by atoms with Crippen molar-refractivity contribution in [1.29, 1.82) is 0 Å². The minimum atomic E-state index is -0.616. The van der Waals surface area contributed by atoms with Crippen molar-refractivity contribution in [3.05, 3.63) is 76.5 Å². The number of methoxy groups -OCH3 is 1. The second-order valence-electron chi connectivity index (χ2n) is 5.95. The molecule has 0 aromatic heterocycles. The van der Waals surface area contributed by atoms with Crippen LogP contribution in [0.1, 0.15) is 28.9 Å². The molecule has 1 heterocycles. The monoisotopic (exact) mass is 384 g/mol. The Morgan fingerprint density at radius 1 is 1.04 bits per heavy atom. The molecule has 0 radical (unpaired) electrons. The topological polar surface area (TPSA) is 75.7 Å². The molecule has 6 nitrogen and oxygen atoms in total. The number of benzene rings is 2. The molecule has 27 heavy (non-hydrogen) atoms. The molecule has 0 aliphatic carbocycles. The van der Waals surface area contributed by atoms with Crippen LogP contribution < -0.4 is 10.2 Å². The number of hydrogen-bond acceptors (Lipinski definition) is 5. The molecule has 2 aromatic carbocycles. The third-order valence-electron chi connectivity index (χ3n) is 4.23. The number of carbonyl (C=O) groups is 3. The molecule has 1 unspecified atom stereocenters. The van der Waals surface area contributed by atoms with Gasteiger partial charge in [0.15, 0.2) is 0 Å². The lowest BCUT2D eigenvalue weighted by molar-refractivity contribution is -0.120. The number of ether oxygens (including phenoxy) is 1. The normalized spacial score (nSPS) is 15.1. The Hall–Kier alpha value is -3.12. The summed E-state index contributed by atoms with van der Waals surface area (Å²) < 4.78 is 4.64. The minimum Gasteiger partial charge on any atom is -0.465 e. The predicted molar refractivity (Wildman–Crippen MR) is 101 cm³/mol. The van der Waals surface area contributed by atoms with Crippen LogP contribution in [0.15, 0.2) is 65.3 Å². The Balaban J connectivity index is 1.82. The van der Waals surface area contributed by atoms with E-state index >= 15 is 0 Å². The molecule has 7 heteroatoms. The van der Waals surface area contributed by atoms with E-state index in [1.807, 2.05) is 37.3 Å². The lowest BCUT2D eigenvalue weighted by Gasteiger charge is -2.18. The van der Waals surface area contributed by atoms with Gasteiger partial charge in [0.1, 0.15) is 10.7 Å². The summed E-state index contributed by atoms with van der Waals surface area (Å²) in [4.78, 5) is 37.8. The molecule has 2 amide bonds. The highest BCUT2D eigenvalue weighted by Crippen LogP contribution is 2.29. The lowest BCUT2D eigenvalue weighted by Crippen LogP contribution is -2.34. The first-order valence-corrected chi connectivity index (χ1v) is 8.60. The highest BCUT2D eigenvalue weighted by molar-refractivity contribution is 6.52. The van der Waals surface area contributed by atoms with Gasteiger partial charge >= 0.3 is 5.97 Å². The second-order valence-corrected chi connectivity index (χ2v) is 6.33. The smallest absolute Gasteiger partial charge is 0.337 e. The SMILES string of the molecule is COC(=O)c1ccc(N2C(=O)C(Cl)=C(NC(C)c3ccccc3)C2=O)cc1. The highest BCUT2D eigenvalue weighted by Gasteiger charge is 2.39. The maximum atomic E-state index is 12.8. The third-order valence-corrected chi connectivity index (χ3v) is 4.58. The van der Waals surface area contributed by atoms with E-state index in [4.69, 9.17) is 11.6 Å². The maximum Gasteiger partial charge on any atom is 0.337 e. The van der Waals surface area contributed by atoms with Crippen LogP contribution in [0.4, 0.5) is 5.69 Å². The van der Waals surface area contributed by atoms with Crippen molar-refractivity contribution in [3.8, 4) is 0 Å². The van der Waals surface area contributed by atoms with Gasteiger partial charge in [-0.15, -0.1) is 0 Å². The first-order valence-electron chi connectivity index (χ1n) is 8.22. The van der Waals surface area contributed by atoms with E-state index in [0.717, 1.165) is 10.5 Å². The molecule has 3 rings (SSSR count). The van der Waals surface area contributed by atoms with Crippen molar-refractivity contribution in [3.63, 3.8) is 0 Å². The van der Waals surface area contributed by atoms with Crippen molar-refractivity contribution >= 4 is 35.1 Å². The molecule has 0 saturated carbocycles. The standard InChI is InChI=1S/C20H17ClN2O4/c1-12(13-6-4-3-5-7-13)22-17-16(21)18(24)23(19(17)25)15-10-8-14(9-11-15)20(26)27-2/h3-12,22H,1-2H3. The molecule has 2 aromatic rings. The van der Waals surface area contributed by atoms with Gasteiger partial charge in [-0.25, -0.2) is 9.69 Å². The summed E-state index contributed by atoms with van der Waals surface area (Å²) in [7, 11) is 1.28. The Morgan fingerprint density at radius 3 is 2.26 bits per heavy atom. The van der Waals surface area contributed by atoms with Crippen LogP contribution in [0.2, 0.25) is 0 Å². The zero-order chi connectivity index (χ0) is 19.6. The number of carbonyl (C=O) groups excluding carboxylic acids is 3. The summed E-state index contributed by atoms with van der Waals surface area (Å²) >= 11 is 6.13. The molecule has 0 bridgehead atoms. The van der Waals surface area contributed by atoms with Gasteiger partial charge in [0.25, 0.3) is 11.8 Å². The Morgan fingerprint density at radius 2 is 1.67 bits per heavy atom. The van der Waals surface area contributed by atoms with E-state index in [1.165, 1.54) is 31.4 Å². The number of nitrogens with zero attached hydrogens (tertiary/aromatic N) is 1. The van der Waals surface area contributed by atoms with Gasteiger partial charge in [0, 0.05) is 6.04 Å². The van der Waals surface area contributed by atoms with Crippen molar-refractivity contribution < 1.29 is 19.1 Å². The molecular weight excluding hydrogens is 368 g/mol. The molecule has 0 fully saturated rings. The van der Waals surface area contributed by atoms with Crippen LogP contribution in [0, 0.1) is 0 Å². The van der Waals surface area contributed by atoms with Gasteiger partial charge in [-0.3, -0.25) is 9.59 Å². The van der Waals surface area contributed by atoms with E-state index in [-0.39, 0.29) is 16.8 Å². The fraction of sp³-hybridized carbons (Fsp3) is 0.150. The predicted octanol–water partition coefficient (Wildman–Crippen LogP) is 3.15. The molecule has 0 spiro atoms. The maximum absolute atomic E-state index is 12.8. The molecule has 1 aliphatic rings. The highest BCUT2D eigenvalue weighted by atomic mass is 35.5. The number of rotatable bonds is 5. The van der Waals surface area contributed by atoms with E-state index in [2.05, 4.69) is 10.1 Å². The molecule has 1 N–H and O–H groups in total. The van der Waals surface area contributed by atoms with Gasteiger partial charge < -0.3 is 10.1 Å². The van der Waals surface area contributed by atoms with Gasteiger partial charge in [-0.2, -0.15) is 0 Å². The van der Waals surface area contributed by atoms with Crippen LogP contribution in [0.5, 0.6) is 0 Å². The third kappa shape index (κ3) is 3.57. The fourth-order valence-corrected chi connectivity index (χ4v) is 2.99. The van der Waals surface area contributed by atoms with Crippen molar-refractivity contribution in [2.75, 3.05) is 12.0 Å². The second kappa shape index (κ2) is 7.63. The summed E-state index contributed by atoms with van der Waals surface area (Å²) in [5.41, 5.74) is 1.64. The molecule has 0 saturated heterocycles. The summed E-state index contributed by atoms with van der Waals surface area (Å²) in [6.45, 7) is 1.87. The van der Waals surface area contributed by atoms with Gasteiger partial charge in [-0.05, 0) is 36.8 Å². The number of hydrogen-bond donors (Lipinski definition) is 1. The largest absolute Gasteiger partial charge is 0.465 e. The number of anilines is 1. The van der Waals surface area contributed by atoms with E-state index < -0.39 is 17.8 Å². The Bertz CT molecular complexity index is 923. The van der Waals surface area contributed by atoms with Gasteiger partial charge in [0.05, 0.1) is 18.4 Å². The van der Waals surface area contributed by atoms with Crippen LogP contribution in [0.25, 0.3) is 0 Å². The number of esters is 1. The Kier molecular flexibility index (Phi) is 5.28. The number of nitrogens with one attached hydrogen (secondary N) is 1. The number of halogens is 1. The quantitative estimate of drug-likeness (QED) is 0.633. The van der Waals surface area contributed by atoms with Crippen LogP contribution in [-0.4, -0.2) is 24.9 Å². The fourth-order valence-electron chi connectivity index (χ4n) is 2.77. The minimum absolute atomic E-state index is 0.0510. The lowest BCUT2D eigenvalue weighted by atomic mass is 10.1. The van der Waals surface area contributed by atoms with Crippen molar-refractivity contribution in [2.45, 2.75) is 13.0 Å². The number of amides is 2. The summed E-state index contributed by atoms with van der Waals surface area (Å²) in [6.07, 6.45) is 0. The molecule has 1 aliphatic heterocycles. The zero-order valence-corrected chi connectivity index (χ0v) is 15.5. The van der Waals surface area contributed by atoms with E-state index in [0.29, 0.717) is 11.3 Å². The first kappa shape index (κ1) is 18.7. The van der Waals surface area contributed by atoms with Crippen molar-refractivity contribution in [2.24, 2.45) is 0 Å². The van der Waals surface area contributed by atoms with E-state index in [1.54, 1.807) is 0 Å². The average Bonchev–Trinajstić information content (AvgIpc) is 2.91. The van der Waals surface area contributed by atoms with Crippen LogP contribution >= 0.6 is 11.6 Å². The summed E-state index contributed by atoms with van der Waals surface area (Å²) in [6, 6.07) is 15.2. The van der Waals surface area contributed by atoms with E-state index in [9.17, 15) is 14.4 Å². The molecular formula is C20H17ClN2O4. The average molecular weight is 385 g/mol. The van der Waals surface area contributed by atoms with Crippen LogP contribution in [0.3, 0.4) is 0 Å². The van der Waals surface area contributed by atoms with Crippen LogP contribution in [-0.2, 0) is 14.3 Å². The van der Waals surface area contributed by atoms with Crippen molar-refractivity contribution in [1.82, 2.24) is 5.32 Å². The van der Waals surface area contributed by atoms with Gasteiger partial charge in [0.2, 0.25) is 0 Å². The zero-order valence-electron chi connectivity index (χ0n) is 14.7. The number of imide groups is 1.